The molecule has 2 heterocycles. The van der Waals surface area contributed by atoms with Crippen molar-refractivity contribution >= 4 is 5.91 Å². The van der Waals surface area contributed by atoms with Crippen LogP contribution in [0.4, 0.5) is 0 Å². The number of hydrogen-bond acceptors (Lipinski definition) is 4. The van der Waals surface area contributed by atoms with Gasteiger partial charge in [0.15, 0.2) is 0 Å². The van der Waals surface area contributed by atoms with E-state index in [-0.39, 0.29) is 18.0 Å². The van der Waals surface area contributed by atoms with Crippen molar-refractivity contribution in [2.24, 2.45) is 11.8 Å². The summed E-state index contributed by atoms with van der Waals surface area (Å²) in [5.74, 6) is 1.50. The fourth-order valence-electron chi connectivity index (χ4n) is 5.57. The van der Waals surface area contributed by atoms with E-state index in [0.717, 1.165) is 38.5 Å². The molecule has 0 bridgehead atoms. The zero-order valence-electron chi connectivity index (χ0n) is 21.9. The summed E-state index contributed by atoms with van der Waals surface area (Å²) in [6, 6.07) is 20.8. The molecular formula is C30H44N4O. The predicted molar refractivity (Wildman–Crippen MR) is 144 cm³/mol. The van der Waals surface area contributed by atoms with Gasteiger partial charge in [-0.2, -0.15) is 0 Å². The van der Waals surface area contributed by atoms with Crippen molar-refractivity contribution < 1.29 is 4.79 Å². The van der Waals surface area contributed by atoms with Crippen LogP contribution < -0.4 is 5.32 Å². The number of rotatable bonds is 9. The number of carbonyl (C=O) groups is 1. The molecule has 2 saturated heterocycles. The lowest BCUT2D eigenvalue weighted by Gasteiger charge is -2.40. The van der Waals surface area contributed by atoms with E-state index in [1.54, 1.807) is 0 Å². The minimum absolute atomic E-state index is 0.00387. The lowest BCUT2D eigenvalue weighted by molar-refractivity contribution is -0.136. The Kier molecular flexibility index (Phi) is 9.36. The highest BCUT2D eigenvalue weighted by Gasteiger charge is 2.31. The van der Waals surface area contributed by atoms with Gasteiger partial charge in [-0.3, -0.25) is 15.0 Å². The van der Waals surface area contributed by atoms with Crippen LogP contribution >= 0.6 is 0 Å². The van der Waals surface area contributed by atoms with Gasteiger partial charge < -0.3 is 9.80 Å². The van der Waals surface area contributed by atoms with Gasteiger partial charge in [0.2, 0.25) is 5.91 Å². The number of carbonyl (C=O) groups excluding carboxylic acids is 1. The van der Waals surface area contributed by atoms with Crippen LogP contribution in [0.3, 0.4) is 0 Å². The third kappa shape index (κ3) is 7.39. The lowest BCUT2D eigenvalue weighted by atomic mass is 9.95. The molecule has 0 radical (unpaired) electrons. The van der Waals surface area contributed by atoms with Gasteiger partial charge in [-0.1, -0.05) is 74.5 Å². The average molecular weight is 477 g/mol. The van der Waals surface area contributed by atoms with Gasteiger partial charge in [-0.15, -0.1) is 0 Å². The van der Waals surface area contributed by atoms with E-state index in [2.05, 4.69) is 89.4 Å². The maximum absolute atomic E-state index is 13.8. The SMILES string of the molecule is CC(C)CC(NC(c1ccccc1)c1ccccc1)C(=O)N1CCN(CC2CCN(C)CC2)CC1. The molecular weight excluding hydrogens is 432 g/mol. The lowest BCUT2D eigenvalue weighted by Crippen LogP contribution is -2.55. The summed E-state index contributed by atoms with van der Waals surface area (Å²) in [5, 5.41) is 3.79. The monoisotopic (exact) mass is 476 g/mol. The number of nitrogens with zero attached hydrogens (tertiary/aromatic N) is 3. The molecule has 0 aliphatic carbocycles. The molecule has 4 rings (SSSR count). The van der Waals surface area contributed by atoms with Crippen molar-refractivity contribution in [1.82, 2.24) is 20.0 Å². The Morgan fingerprint density at radius 3 is 1.91 bits per heavy atom. The second kappa shape index (κ2) is 12.7. The molecule has 2 fully saturated rings. The quantitative estimate of drug-likeness (QED) is 0.587. The van der Waals surface area contributed by atoms with E-state index in [0.29, 0.717) is 5.92 Å². The minimum atomic E-state index is -0.194. The summed E-state index contributed by atoms with van der Waals surface area (Å²) < 4.78 is 0. The summed E-state index contributed by atoms with van der Waals surface area (Å²) in [6.45, 7) is 11.7. The third-order valence-corrected chi connectivity index (χ3v) is 7.68. The first kappa shape index (κ1) is 25.9. The summed E-state index contributed by atoms with van der Waals surface area (Å²) in [4.78, 5) is 20.9. The molecule has 2 aromatic carbocycles. The maximum Gasteiger partial charge on any atom is 0.239 e. The molecule has 190 valence electrons. The zero-order chi connectivity index (χ0) is 24.6. The number of piperidine rings is 1. The van der Waals surface area contributed by atoms with Crippen molar-refractivity contribution in [2.75, 3.05) is 52.9 Å². The van der Waals surface area contributed by atoms with Crippen LogP contribution in [0.15, 0.2) is 60.7 Å². The highest BCUT2D eigenvalue weighted by atomic mass is 16.2. The summed E-state index contributed by atoms with van der Waals surface area (Å²) in [6.07, 6.45) is 3.44. The van der Waals surface area contributed by atoms with Crippen LogP contribution in [0.1, 0.15) is 50.3 Å². The van der Waals surface area contributed by atoms with Gasteiger partial charge in [0, 0.05) is 32.7 Å². The maximum atomic E-state index is 13.8. The van der Waals surface area contributed by atoms with E-state index in [4.69, 9.17) is 0 Å². The molecule has 2 aliphatic heterocycles. The number of nitrogens with one attached hydrogen (secondary N) is 1. The van der Waals surface area contributed by atoms with Gasteiger partial charge in [0.1, 0.15) is 0 Å². The first-order valence-electron chi connectivity index (χ1n) is 13.5. The predicted octanol–water partition coefficient (Wildman–Crippen LogP) is 4.27. The molecule has 2 aromatic rings. The first-order chi connectivity index (χ1) is 17.0. The van der Waals surface area contributed by atoms with E-state index in [1.165, 1.54) is 43.6 Å². The molecule has 2 aliphatic rings. The van der Waals surface area contributed by atoms with Crippen molar-refractivity contribution in [3.8, 4) is 0 Å². The molecule has 0 aromatic heterocycles. The third-order valence-electron chi connectivity index (χ3n) is 7.68. The van der Waals surface area contributed by atoms with Crippen molar-refractivity contribution in [2.45, 2.75) is 45.2 Å². The van der Waals surface area contributed by atoms with Gasteiger partial charge >= 0.3 is 0 Å². The Balaban J connectivity index is 1.41. The van der Waals surface area contributed by atoms with E-state index in [1.807, 2.05) is 12.1 Å². The molecule has 35 heavy (non-hydrogen) atoms. The number of hydrogen-bond donors (Lipinski definition) is 1. The molecule has 5 heteroatoms. The topological polar surface area (TPSA) is 38.8 Å². The van der Waals surface area contributed by atoms with Crippen molar-refractivity contribution in [1.29, 1.82) is 0 Å². The van der Waals surface area contributed by atoms with E-state index in [9.17, 15) is 4.79 Å². The van der Waals surface area contributed by atoms with Gasteiger partial charge in [0.25, 0.3) is 0 Å². The van der Waals surface area contributed by atoms with E-state index < -0.39 is 0 Å². The first-order valence-corrected chi connectivity index (χ1v) is 13.5. The largest absolute Gasteiger partial charge is 0.339 e. The van der Waals surface area contributed by atoms with Crippen LogP contribution in [0.5, 0.6) is 0 Å². The van der Waals surface area contributed by atoms with Gasteiger partial charge in [-0.25, -0.2) is 0 Å². The normalized spacial score (nSPS) is 19.4. The molecule has 1 N–H and O–H groups in total. The zero-order valence-corrected chi connectivity index (χ0v) is 21.9. The smallest absolute Gasteiger partial charge is 0.239 e. The highest BCUT2D eigenvalue weighted by Crippen LogP contribution is 2.25. The Morgan fingerprint density at radius 2 is 1.40 bits per heavy atom. The number of benzene rings is 2. The van der Waals surface area contributed by atoms with Gasteiger partial charge in [-0.05, 0) is 62.4 Å². The summed E-state index contributed by atoms with van der Waals surface area (Å²) >= 11 is 0. The minimum Gasteiger partial charge on any atom is -0.339 e. The Morgan fingerprint density at radius 1 is 0.857 bits per heavy atom. The molecule has 1 unspecified atom stereocenters. The second-order valence-electron chi connectivity index (χ2n) is 11.0. The molecule has 1 amide bonds. The molecule has 1 atom stereocenters. The van der Waals surface area contributed by atoms with Crippen LogP contribution in [0.2, 0.25) is 0 Å². The highest BCUT2D eigenvalue weighted by molar-refractivity contribution is 5.82. The second-order valence-corrected chi connectivity index (χ2v) is 11.0. The average Bonchev–Trinajstić information content (AvgIpc) is 2.89. The molecule has 0 saturated carbocycles. The van der Waals surface area contributed by atoms with Crippen LogP contribution in [0.25, 0.3) is 0 Å². The summed E-state index contributed by atoms with van der Waals surface area (Å²) in [7, 11) is 2.22. The standard InChI is InChI=1S/C30H44N4O/c1-24(2)22-28(31-29(26-10-6-4-7-11-26)27-12-8-5-9-13-27)30(35)34-20-18-33(19-21-34)23-25-14-16-32(3)17-15-25/h4-13,24-25,28-29,31H,14-23H2,1-3H3. The number of piperazine rings is 1. The Hall–Kier alpha value is -2.21. The Labute approximate surface area is 212 Å². The van der Waals surface area contributed by atoms with Gasteiger partial charge in [0.05, 0.1) is 12.1 Å². The van der Waals surface area contributed by atoms with Crippen LogP contribution in [-0.2, 0) is 4.79 Å². The summed E-state index contributed by atoms with van der Waals surface area (Å²) in [5.41, 5.74) is 2.39. The Bertz CT molecular complexity index is 848. The number of amides is 1. The van der Waals surface area contributed by atoms with Crippen LogP contribution in [0, 0.1) is 11.8 Å². The van der Waals surface area contributed by atoms with Crippen molar-refractivity contribution in [3.05, 3.63) is 71.8 Å². The van der Waals surface area contributed by atoms with E-state index >= 15 is 0 Å². The van der Waals surface area contributed by atoms with Crippen molar-refractivity contribution in [3.63, 3.8) is 0 Å². The fourth-order valence-corrected chi connectivity index (χ4v) is 5.57. The fraction of sp³-hybridized carbons (Fsp3) is 0.567. The number of likely N-dealkylation sites (tertiary alicyclic amines) is 1. The molecule has 5 nitrogen and oxygen atoms in total. The molecule has 0 spiro atoms. The van der Waals surface area contributed by atoms with Crippen LogP contribution in [-0.4, -0.2) is 79.5 Å².